The molecule has 7 heteroatoms. The van der Waals surface area contributed by atoms with Crippen molar-refractivity contribution in [2.75, 3.05) is 0 Å². The van der Waals surface area contributed by atoms with Crippen LogP contribution in [0.5, 0.6) is 11.5 Å². The molecule has 3 N–H and O–H groups in total. The first-order valence-corrected chi connectivity index (χ1v) is 7.69. The normalized spacial score (nSPS) is 10.4. The van der Waals surface area contributed by atoms with E-state index in [0.717, 1.165) is 4.47 Å². The van der Waals surface area contributed by atoms with E-state index in [1.54, 1.807) is 30.3 Å². The van der Waals surface area contributed by atoms with Crippen molar-refractivity contribution in [1.29, 1.82) is 5.41 Å². The van der Waals surface area contributed by atoms with E-state index in [2.05, 4.69) is 31.9 Å². The third-order valence-electron chi connectivity index (χ3n) is 2.43. The lowest BCUT2D eigenvalue weighted by atomic mass is 10.2. The Morgan fingerprint density at radius 3 is 2.40 bits per heavy atom. The van der Waals surface area contributed by atoms with Gasteiger partial charge in [-0.15, -0.1) is 0 Å². The van der Waals surface area contributed by atoms with Crippen molar-refractivity contribution in [3.05, 3.63) is 54.9 Å². The molecule has 0 aromatic heterocycles. The first-order valence-electron chi connectivity index (χ1n) is 5.35. The molecule has 0 radical (unpaired) electrons. The maximum atomic E-state index is 7.56. The van der Waals surface area contributed by atoms with E-state index < -0.39 is 0 Å². The summed E-state index contributed by atoms with van der Waals surface area (Å²) in [4.78, 5) is 0. The smallest absolute Gasteiger partial charge is 0.147 e. The number of nitrogen functional groups attached to an aromatic ring is 1. The van der Waals surface area contributed by atoms with Crippen LogP contribution in [0.25, 0.3) is 0 Å². The van der Waals surface area contributed by atoms with Crippen molar-refractivity contribution >= 4 is 60.9 Å². The fourth-order valence-corrected chi connectivity index (χ4v) is 2.68. The predicted octanol–water partition coefficient (Wildman–Crippen LogP) is 5.59. The van der Waals surface area contributed by atoms with Gasteiger partial charge in [-0.3, -0.25) is 5.41 Å². The van der Waals surface area contributed by atoms with Gasteiger partial charge in [0.05, 0.1) is 15.6 Å². The lowest BCUT2D eigenvalue weighted by molar-refractivity contribution is 0.481. The lowest BCUT2D eigenvalue weighted by Crippen LogP contribution is -2.12. The number of rotatable bonds is 3. The first kappa shape index (κ1) is 15.6. The first-order chi connectivity index (χ1) is 9.38. The summed E-state index contributed by atoms with van der Waals surface area (Å²) in [6, 6.07) is 8.42. The molecular weight excluding hydrogens is 431 g/mol. The van der Waals surface area contributed by atoms with E-state index in [9.17, 15) is 0 Å². The van der Waals surface area contributed by atoms with Crippen LogP contribution in [0.4, 0.5) is 0 Å². The second kappa shape index (κ2) is 6.35. The fraction of sp³-hybridized carbons (Fsp3) is 0. The van der Waals surface area contributed by atoms with Gasteiger partial charge in [-0.05, 0) is 40.2 Å². The van der Waals surface area contributed by atoms with Gasteiger partial charge in [0.25, 0.3) is 0 Å². The standard InChI is InChI=1S/C13H8Br2Cl2N2O/c14-6-1-2-7(13(18)19)11(3-6)20-12-5-9(16)8(15)4-10(12)17/h1-5H,(H3,18,19). The van der Waals surface area contributed by atoms with Gasteiger partial charge in [0, 0.05) is 15.0 Å². The molecule has 0 aliphatic rings. The molecule has 3 nitrogen and oxygen atoms in total. The summed E-state index contributed by atoms with van der Waals surface area (Å²) < 4.78 is 7.21. The Balaban J connectivity index is 2.47. The van der Waals surface area contributed by atoms with Crippen LogP contribution in [0.15, 0.2) is 39.3 Å². The van der Waals surface area contributed by atoms with Crippen LogP contribution in [-0.2, 0) is 0 Å². The Labute approximate surface area is 142 Å². The Morgan fingerprint density at radius 2 is 1.75 bits per heavy atom. The number of halogens is 4. The van der Waals surface area contributed by atoms with Gasteiger partial charge in [0.1, 0.15) is 17.3 Å². The predicted molar refractivity (Wildman–Crippen MR) is 89.4 cm³/mol. The molecule has 0 amide bonds. The van der Waals surface area contributed by atoms with Crippen molar-refractivity contribution in [2.24, 2.45) is 5.73 Å². The van der Waals surface area contributed by atoms with Gasteiger partial charge in [-0.1, -0.05) is 39.1 Å². The topological polar surface area (TPSA) is 59.1 Å². The molecule has 0 spiro atoms. The summed E-state index contributed by atoms with van der Waals surface area (Å²) in [6.07, 6.45) is 0. The summed E-state index contributed by atoms with van der Waals surface area (Å²) in [5.74, 6) is 0.722. The number of amidine groups is 1. The average Bonchev–Trinajstić information content (AvgIpc) is 2.35. The second-order valence-electron chi connectivity index (χ2n) is 3.85. The minimum atomic E-state index is -0.0909. The monoisotopic (exact) mass is 436 g/mol. The fourth-order valence-electron chi connectivity index (χ4n) is 1.50. The van der Waals surface area contributed by atoms with Crippen molar-refractivity contribution in [2.45, 2.75) is 0 Å². The van der Waals surface area contributed by atoms with E-state index in [0.29, 0.717) is 31.6 Å². The maximum Gasteiger partial charge on any atom is 0.147 e. The van der Waals surface area contributed by atoms with Gasteiger partial charge in [-0.2, -0.15) is 0 Å². The highest BCUT2D eigenvalue weighted by atomic mass is 79.9. The average molecular weight is 439 g/mol. The van der Waals surface area contributed by atoms with Crippen LogP contribution >= 0.6 is 55.1 Å². The summed E-state index contributed by atoms with van der Waals surface area (Å²) >= 11 is 18.8. The highest BCUT2D eigenvalue weighted by Gasteiger charge is 2.12. The van der Waals surface area contributed by atoms with E-state index in [-0.39, 0.29) is 5.84 Å². The lowest BCUT2D eigenvalue weighted by Gasteiger charge is -2.12. The number of benzene rings is 2. The highest BCUT2D eigenvalue weighted by Crippen LogP contribution is 2.38. The van der Waals surface area contributed by atoms with Crippen LogP contribution in [0.2, 0.25) is 10.0 Å². The van der Waals surface area contributed by atoms with Crippen molar-refractivity contribution in [1.82, 2.24) is 0 Å². The van der Waals surface area contributed by atoms with Crippen LogP contribution in [0, 0.1) is 5.41 Å². The maximum absolute atomic E-state index is 7.56. The van der Waals surface area contributed by atoms with Crippen LogP contribution in [-0.4, -0.2) is 5.84 Å². The summed E-state index contributed by atoms with van der Waals surface area (Å²) in [7, 11) is 0. The molecule has 0 saturated carbocycles. The summed E-state index contributed by atoms with van der Waals surface area (Å²) in [5.41, 5.74) is 6.01. The van der Waals surface area contributed by atoms with Gasteiger partial charge >= 0.3 is 0 Å². The second-order valence-corrected chi connectivity index (χ2v) is 6.44. The molecule has 0 saturated heterocycles. The molecule has 0 atom stereocenters. The molecule has 0 unspecified atom stereocenters. The zero-order valence-corrected chi connectivity index (χ0v) is 14.6. The molecule has 2 aromatic rings. The minimum absolute atomic E-state index is 0.0909. The van der Waals surface area contributed by atoms with E-state index in [4.69, 9.17) is 39.1 Å². The number of hydrogen-bond donors (Lipinski definition) is 2. The van der Waals surface area contributed by atoms with E-state index >= 15 is 0 Å². The van der Waals surface area contributed by atoms with Gasteiger partial charge in [-0.25, -0.2) is 0 Å². The molecular formula is C13H8Br2Cl2N2O. The molecule has 0 heterocycles. The van der Waals surface area contributed by atoms with Gasteiger partial charge in [0.15, 0.2) is 0 Å². The Bertz CT molecular complexity index is 692. The third kappa shape index (κ3) is 3.47. The third-order valence-corrected chi connectivity index (χ3v) is 4.41. The Kier molecular flexibility index (Phi) is 4.96. The highest BCUT2D eigenvalue weighted by molar-refractivity contribution is 9.10. The van der Waals surface area contributed by atoms with Gasteiger partial charge in [0.2, 0.25) is 0 Å². The van der Waals surface area contributed by atoms with Crippen molar-refractivity contribution in [3.8, 4) is 11.5 Å². The SMILES string of the molecule is N=C(N)c1ccc(Br)cc1Oc1cc(Cl)c(Br)cc1Cl. The summed E-state index contributed by atoms with van der Waals surface area (Å²) in [6.45, 7) is 0. The van der Waals surface area contributed by atoms with E-state index in [1.165, 1.54) is 0 Å². The quantitative estimate of drug-likeness (QED) is 0.372. The molecule has 0 bridgehead atoms. The molecule has 2 aromatic carbocycles. The number of nitrogens with one attached hydrogen (secondary N) is 1. The van der Waals surface area contributed by atoms with Crippen LogP contribution < -0.4 is 10.5 Å². The largest absolute Gasteiger partial charge is 0.455 e. The molecule has 2 rings (SSSR count). The number of hydrogen-bond acceptors (Lipinski definition) is 2. The van der Waals surface area contributed by atoms with Crippen molar-refractivity contribution in [3.63, 3.8) is 0 Å². The Morgan fingerprint density at radius 1 is 1.05 bits per heavy atom. The van der Waals surface area contributed by atoms with Crippen LogP contribution in [0.1, 0.15) is 5.56 Å². The summed E-state index contributed by atoms with van der Waals surface area (Å²) in [5, 5.41) is 8.43. The molecule has 104 valence electrons. The molecule has 0 fully saturated rings. The van der Waals surface area contributed by atoms with Gasteiger partial charge < -0.3 is 10.5 Å². The zero-order chi connectivity index (χ0) is 14.9. The minimum Gasteiger partial charge on any atom is -0.455 e. The van der Waals surface area contributed by atoms with E-state index in [1.807, 2.05) is 0 Å². The zero-order valence-electron chi connectivity index (χ0n) is 9.88. The number of ether oxygens (including phenoxy) is 1. The molecule has 0 aliphatic carbocycles. The van der Waals surface area contributed by atoms with Crippen LogP contribution in [0.3, 0.4) is 0 Å². The van der Waals surface area contributed by atoms with Crippen molar-refractivity contribution < 1.29 is 4.74 Å². The molecule has 20 heavy (non-hydrogen) atoms. The Hall–Kier alpha value is -0.750. The number of nitrogens with two attached hydrogens (primary N) is 1. The molecule has 0 aliphatic heterocycles.